The third kappa shape index (κ3) is 5.73. The Bertz CT molecular complexity index is 922. The van der Waals surface area contributed by atoms with Crippen molar-refractivity contribution in [2.75, 3.05) is 10.0 Å². The van der Waals surface area contributed by atoms with Crippen LogP contribution in [0.25, 0.3) is 0 Å². The molecule has 6 nitrogen and oxygen atoms in total. The van der Waals surface area contributed by atoms with E-state index < -0.39 is 16.0 Å². The van der Waals surface area contributed by atoms with Crippen molar-refractivity contribution in [3.05, 3.63) is 53.6 Å². The van der Waals surface area contributed by atoms with E-state index in [4.69, 9.17) is 4.74 Å². The average Bonchev–Trinajstić information content (AvgIpc) is 2.63. The molecule has 0 aliphatic heterocycles. The van der Waals surface area contributed by atoms with Gasteiger partial charge in [0.25, 0.3) is 10.0 Å². The molecule has 0 bridgehead atoms. The summed E-state index contributed by atoms with van der Waals surface area (Å²) in [6.07, 6.45) is 0.526. The van der Waals surface area contributed by atoms with Gasteiger partial charge in [-0.25, -0.2) is 13.2 Å². The van der Waals surface area contributed by atoms with Gasteiger partial charge in [0.15, 0.2) is 0 Å². The number of carbonyl (C=O) groups is 1. The fourth-order valence-electron chi connectivity index (χ4n) is 2.47. The number of esters is 1. The van der Waals surface area contributed by atoms with Crippen LogP contribution < -0.4 is 10.0 Å². The maximum absolute atomic E-state index is 13.1. The number of carbonyl (C=O) groups excluding carboxylic acids is 1. The van der Waals surface area contributed by atoms with Crippen LogP contribution in [0.15, 0.2) is 47.4 Å². The van der Waals surface area contributed by atoms with Crippen molar-refractivity contribution in [3.63, 3.8) is 0 Å². The number of aryl methyl sites for hydroxylation is 1. The molecule has 0 heterocycles. The molecular weight excluding hydrogens is 376 g/mol. The number of anilines is 2. The van der Waals surface area contributed by atoms with Gasteiger partial charge < -0.3 is 10.1 Å². The topological polar surface area (TPSA) is 84.5 Å². The number of ether oxygens (including phenoxy) is 1. The zero-order chi connectivity index (χ0) is 20.9. The summed E-state index contributed by atoms with van der Waals surface area (Å²) in [5, 5.41) is 3.20. The monoisotopic (exact) mass is 404 g/mol. The molecule has 1 unspecified atom stereocenters. The van der Waals surface area contributed by atoms with Crippen LogP contribution in [0.1, 0.15) is 50.0 Å². The Labute approximate surface area is 167 Å². The summed E-state index contributed by atoms with van der Waals surface area (Å²) in [6.45, 7) is 9.38. The minimum Gasteiger partial charge on any atom is -0.459 e. The first kappa shape index (κ1) is 21.8. The van der Waals surface area contributed by atoms with Crippen LogP contribution >= 0.6 is 0 Å². The molecular formula is C21H28N2O4S. The quantitative estimate of drug-likeness (QED) is 0.630. The summed E-state index contributed by atoms with van der Waals surface area (Å²) in [5.41, 5.74) is 2.11. The predicted octanol–water partition coefficient (Wildman–Crippen LogP) is 4.57. The Morgan fingerprint density at radius 1 is 1.07 bits per heavy atom. The first-order valence-corrected chi connectivity index (χ1v) is 10.8. The highest BCUT2D eigenvalue weighted by atomic mass is 32.2. The van der Waals surface area contributed by atoms with E-state index in [-0.39, 0.29) is 22.6 Å². The second kappa shape index (κ2) is 9.10. The lowest BCUT2D eigenvalue weighted by Gasteiger charge is -2.18. The van der Waals surface area contributed by atoms with Crippen molar-refractivity contribution in [1.29, 1.82) is 0 Å². The largest absolute Gasteiger partial charge is 0.459 e. The Balaban J connectivity index is 2.46. The lowest BCUT2D eigenvalue weighted by molar-refractivity contribution is 0.0377. The predicted molar refractivity (Wildman–Crippen MR) is 112 cm³/mol. The number of sulfonamides is 1. The summed E-state index contributed by atoms with van der Waals surface area (Å²) < 4.78 is 33.9. The van der Waals surface area contributed by atoms with Crippen LogP contribution in [0.3, 0.4) is 0 Å². The summed E-state index contributed by atoms with van der Waals surface area (Å²) in [6, 6.07) is 11.6. The first-order chi connectivity index (χ1) is 13.1. The zero-order valence-electron chi connectivity index (χ0n) is 16.9. The van der Waals surface area contributed by atoms with Gasteiger partial charge in [0.2, 0.25) is 0 Å². The molecule has 0 saturated heterocycles. The summed E-state index contributed by atoms with van der Waals surface area (Å²) in [5.74, 6) is -0.558. The molecule has 0 aliphatic carbocycles. The van der Waals surface area contributed by atoms with Gasteiger partial charge in [0, 0.05) is 11.7 Å². The first-order valence-electron chi connectivity index (χ1n) is 9.33. The number of hydrogen-bond donors (Lipinski definition) is 2. The molecule has 0 aliphatic rings. The second-order valence-electron chi connectivity index (χ2n) is 7.09. The van der Waals surface area contributed by atoms with Gasteiger partial charge in [0.05, 0.1) is 17.4 Å². The Kier molecular flexibility index (Phi) is 7.07. The van der Waals surface area contributed by atoms with Crippen LogP contribution in [0.5, 0.6) is 0 Å². The molecule has 0 fully saturated rings. The summed E-state index contributed by atoms with van der Waals surface area (Å²) in [7, 11) is -3.92. The van der Waals surface area contributed by atoms with E-state index in [0.29, 0.717) is 11.4 Å². The van der Waals surface area contributed by atoms with Crippen molar-refractivity contribution in [1.82, 2.24) is 0 Å². The van der Waals surface area contributed by atoms with Crippen LogP contribution in [-0.2, 0) is 14.8 Å². The van der Waals surface area contributed by atoms with Crippen LogP contribution in [0, 0.1) is 6.92 Å². The van der Waals surface area contributed by atoms with E-state index >= 15 is 0 Å². The minimum atomic E-state index is -3.92. The molecule has 0 saturated carbocycles. The molecule has 2 N–H and O–H groups in total. The van der Waals surface area contributed by atoms with Crippen LogP contribution in [-0.4, -0.2) is 26.5 Å². The normalized spacial score (nSPS) is 12.5. The zero-order valence-corrected chi connectivity index (χ0v) is 17.8. The van der Waals surface area contributed by atoms with E-state index in [0.717, 1.165) is 12.0 Å². The Morgan fingerprint density at radius 2 is 1.71 bits per heavy atom. The molecule has 0 spiro atoms. The van der Waals surface area contributed by atoms with Gasteiger partial charge >= 0.3 is 5.97 Å². The number of rotatable bonds is 8. The molecule has 1 atom stereocenters. The maximum atomic E-state index is 13.1. The lowest BCUT2D eigenvalue weighted by atomic mass is 10.2. The standard InChI is InChI=1S/C21H28N2O4S/c1-6-16(5)22-19-12-9-17(21(24)27-14(2)3)13-20(19)28(25,26)23-18-10-7-15(4)8-11-18/h7-14,16,22-23H,6H2,1-5H3. The molecule has 0 radical (unpaired) electrons. The van der Waals surface area contributed by atoms with Crippen LogP contribution in [0.2, 0.25) is 0 Å². The Morgan fingerprint density at radius 3 is 2.29 bits per heavy atom. The highest BCUT2D eigenvalue weighted by Crippen LogP contribution is 2.27. The number of nitrogens with one attached hydrogen (secondary N) is 2. The van der Waals surface area contributed by atoms with E-state index in [9.17, 15) is 13.2 Å². The fraction of sp³-hybridized carbons (Fsp3) is 0.381. The van der Waals surface area contributed by atoms with Gasteiger partial charge in [-0.1, -0.05) is 24.6 Å². The van der Waals surface area contributed by atoms with Gasteiger partial charge in [-0.3, -0.25) is 4.72 Å². The highest BCUT2D eigenvalue weighted by Gasteiger charge is 2.22. The van der Waals surface area contributed by atoms with Gasteiger partial charge in [0.1, 0.15) is 4.90 Å². The third-order valence-electron chi connectivity index (χ3n) is 4.17. The summed E-state index contributed by atoms with van der Waals surface area (Å²) in [4.78, 5) is 12.3. The smallest absolute Gasteiger partial charge is 0.338 e. The average molecular weight is 405 g/mol. The van der Waals surface area contributed by atoms with E-state index in [1.807, 2.05) is 32.9 Å². The number of hydrogen-bond acceptors (Lipinski definition) is 5. The summed E-state index contributed by atoms with van der Waals surface area (Å²) >= 11 is 0. The van der Waals surface area contributed by atoms with E-state index in [2.05, 4.69) is 10.0 Å². The van der Waals surface area contributed by atoms with Crippen molar-refractivity contribution in [2.45, 2.75) is 58.1 Å². The van der Waals surface area contributed by atoms with Gasteiger partial charge in [-0.05, 0) is 64.4 Å². The van der Waals surface area contributed by atoms with Crippen LogP contribution in [0.4, 0.5) is 11.4 Å². The molecule has 152 valence electrons. The molecule has 7 heteroatoms. The van der Waals surface area contributed by atoms with Crippen molar-refractivity contribution in [2.24, 2.45) is 0 Å². The Hall–Kier alpha value is -2.54. The second-order valence-corrected chi connectivity index (χ2v) is 8.74. The molecule has 0 amide bonds. The fourth-order valence-corrected chi connectivity index (χ4v) is 3.73. The molecule has 0 aromatic heterocycles. The van der Waals surface area contributed by atoms with E-state index in [1.54, 1.807) is 38.1 Å². The number of benzene rings is 2. The lowest BCUT2D eigenvalue weighted by Crippen LogP contribution is -2.20. The molecule has 28 heavy (non-hydrogen) atoms. The van der Waals surface area contributed by atoms with Gasteiger partial charge in [-0.2, -0.15) is 0 Å². The molecule has 2 aromatic carbocycles. The maximum Gasteiger partial charge on any atom is 0.338 e. The van der Waals surface area contributed by atoms with Crippen molar-refractivity contribution in [3.8, 4) is 0 Å². The third-order valence-corrected chi connectivity index (χ3v) is 5.59. The van der Waals surface area contributed by atoms with E-state index in [1.165, 1.54) is 6.07 Å². The molecule has 2 aromatic rings. The highest BCUT2D eigenvalue weighted by molar-refractivity contribution is 7.92. The van der Waals surface area contributed by atoms with Crippen molar-refractivity contribution < 1.29 is 17.9 Å². The SMILES string of the molecule is CCC(C)Nc1ccc(C(=O)OC(C)C)cc1S(=O)(=O)Nc1ccc(C)cc1. The van der Waals surface area contributed by atoms with Gasteiger partial charge in [-0.15, -0.1) is 0 Å². The molecule has 2 rings (SSSR count). The minimum absolute atomic E-state index is 0.00609. The van der Waals surface area contributed by atoms with Crippen molar-refractivity contribution >= 4 is 27.4 Å².